The molecule has 4 heterocycles. The maximum atomic E-state index is 11.9. The molecule has 0 unspecified atom stereocenters. The molecule has 1 fully saturated rings. The predicted octanol–water partition coefficient (Wildman–Crippen LogP) is 3.11. The minimum atomic E-state index is 0.0488. The summed E-state index contributed by atoms with van der Waals surface area (Å²) in [6.07, 6.45) is 8.48. The van der Waals surface area contributed by atoms with Crippen molar-refractivity contribution in [1.82, 2.24) is 18.3 Å². The Morgan fingerprint density at radius 3 is 2.67 bits per heavy atom. The van der Waals surface area contributed by atoms with E-state index in [2.05, 4.69) is 26.0 Å². The van der Waals surface area contributed by atoms with Gasteiger partial charge >= 0.3 is 0 Å². The predicted molar refractivity (Wildman–Crippen MR) is 97.3 cm³/mol. The molecule has 0 saturated carbocycles. The molecule has 0 amide bonds. The molecule has 1 saturated heterocycles. The van der Waals surface area contributed by atoms with Crippen molar-refractivity contribution in [2.45, 2.75) is 24.8 Å². The number of fused-ring (bicyclic) bond motifs is 1. The molecule has 0 bridgehead atoms. The fraction of sp³-hybridized carbons (Fsp3) is 0.333. The van der Waals surface area contributed by atoms with Gasteiger partial charge in [0.15, 0.2) is 0 Å². The second kappa shape index (κ2) is 6.11. The van der Waals surface area contributed by atoms with Crippen LogP contribution in [-0.2, 0) is 7.05 Å². The zero-order valence-corrected chi connectivity index (χ0v) is 14.7. The van der Waals surface area contributed by atoms with Gasteiger partial charge in [-0.3, -0.25) is 9.20 Å². The van der Waals surface area contributed by atoms with E-state index in [-0.39, 0.29) is 5.56 Å². The van der Waals surface area contributed by atoms with E-state index in [0.717, 1.165) is 40.5 Å². The average Bonchev–Trinajstić information content (AvgIpc) is 3.22. The minimum absolute atomic E-state index is 0.0488. The average molecular weight is 340 g/mol. The highest BCUT2D eigenvalue weighted by molar-refractivity contribution is 7.97. The molecule has 0 atom stereocenters. The summed E-state index contributed by atoms with van der Waals surface area (Å²) >= 11 is 1.78. The second-order valence-corrected chi connectivity index (χ2v) is 7.41. The van der Waals surface area contributed by atoms with Gasteiger partial charge in [-0.15, -0.1) is 0 Å². The highest BCUT2D eigenvalue weighted by Gasteiger charge is 2.15. The van der Waals surface area contributed by atoms with Gasteiger partial charge in [0.2, 0.25) is 0 Å². The molecule has 4 rings (SSSR count). The molecule has 0 aromatic carbocycles. The lowest BCUT2D eigenvalue weighted by molar-refractivity contribution is 0.584. The fourth-order valence-corrected chi connectivity index (χ4v) is 4.18. The first-order chi connectivity index (χ1) is 11.6. The zero-order chi connectivity index (χ0) is 16.7. The number of rotatable bonds is 3. The third kappa shape index (κ3) is 2.76. The van der Waals surface area contributed by atoms with Crippen LogP contribution in [0.3, 0.4) is 0 Å². The van der Waals surface area contributed by atoms with Crippen LogP contribution in [0.1, 0.15) is 18.4 Å². The van der Waals surface area contributed by atoms with Gasteiger partial charge in [0.05, 0.1) is 6.20 Å². The van der Waals surface area contributed by atoms with Gasteiger partial charge in [0, 0.05) is 38.1 Å². The van der Waals surface area contributed by atoms with E-state index < -0.39 is 0 Å². The highest BCUT2D eigenvalue weighted by Crippen LogP contribution is 2.29. The monoisotopic (exact) mass is 340 g/mol. The van der Waals surface area contributed by atoms with E-state index in [9.17, 15) is 4.79 Å². The van der Waals surface area contributed by atoms with E-state index in [0.29, 0.717) is 0 Å². The molecule has 3 aromatic rings. The molecule has 5 nitrogen and oxygen atoms in total. The van der Waals surface area contributed by atoms with Crippen molar-refractivity contribution in [2.75, 3.05) is 13.1 Å². The summed E-state index contributed by atoms with van der Waals surface area (Å²) in [5, 5.41) is 1.13. The third-order valence-electron chi connectivity index (χ3n) is 4.46. The van der Waals surface area contributed by atoms with Crippen LogP contribution >= 0.6 is 11.9 Å². The van der Waals surface area contributed by atoms with Gasteiger partial charge in [-0.1, -0.05) is 0 Å². The second-order valence-electron chi connectivity index (χ2n) is 6.30. The summed E-state index contributed by atoms with van der Waals surface area (Å²) in [5.41, 5.74) is 3.88. The number of hydrogen-bond acceptors (Lipinski definition) is 4. The Morgan fingerprint density at radius 2 is 1.92 bits per heavy atom. The molecule has 1 aliphatic rings. The van der Waals surface area contributed by atoms with E-state index in [1.54, 1.807) is 23.6 Å². The lowest BCUT2D eigenvalue weighted by atomic mass is 10.1. The smallest absolute Gasteiger partial charge is 0.253 e. The van der Waals surface area contributed by atoms with Crippen molar-refractivity contribution in [3.63, 3.8) is 0 Å². The number of nitrogens with zero attached hydrogens (tertiary/aromatic N) is 4. The molecular formula is C18H20N4OS. The van der Waals surface area contributed by atoms with Crippen LogP contribution in [0, 0.1) is 6.92 Å². The Morgan fingerprint density at radius 1 is 1.12 bits per heavy atom. The number of hydrogen-bond donors (Lipinski definition) is 0. The van der Waals surface area contributed by atoms with Crippen LogP contribution in [-0.4, -0.2) is 31.3 Å². The quantitative estimate of drug-likeness (QED) is 0.687. The van der Waals surface area contributed by atoms with Crippen LogP contribution in [0.25, 0.3) is 16.8 Å². The Balaban J connectivity index is 1.75. The normalized spacial score (nSPS) is 15.4. The van der Waals surface area contributed by atoms with Crippen molar-refractivity contribution in [2.24, 2.45) is 7.05 Å². The van der Waals surface area contributed by atoms with E-state index in [1.165, 1.54) is 12.8 Å². The molecule has 0 radical (unpaired) electrons. The largest absolute Gasteiger partial charge is 0.318 e. The van der Waals surface area contributed by atoms with E-state index in [4.69, 9.17) is 0 Å². The molecule has 3 aromatic heterocycles. The van der Waals surface area contributed by atoms with Gasteiger partial charge in [-0.2, -0.15) is 0 Å². The number of imidazole rings is 1. The van der Waals surface area contributed by atoms with Crippen molar-refractivity contribution >= 4 is 17.6 Å². The summed E-state index contributed by atoms with van der Waals surface area (Å²) in [4.78, 5) is 16.4. The topological polar surface area (TPSA) is 42.5 Å². The van der Waals surface area contributed by atoms with Crippen LogP contribution in [0.15, 0.2) is 46.6 Å². The summed E-state index contributed by atoms with van der Waals surface area (Å²) in [6, 6.07) is 6.05. The summed E-state index contributed by atoms with van der Waals surface area (Å²) in [5.74, 6) is 0. The lowest BCUT2D eigenvalue weighted by Crippen LogP contribution is -2.18. The van der Waals surface area contributed by atoms with Crippen molar-refractivity contribution in [3.8, 4) is 11.1 Å². The van der Waals surface area contributed by atoms with Gasteiger partial charge in [-0.05, 0) is 61.0 Å². The van der Waals surface area contributed by atoms with Crippen molar-refractivity contribution < 1.29 is 0 Å². The Labute approximate surface area is 145 Å². The Bertz CT molecular complexity index is 927. The van der Waals surface area contributed by atoms with E-state index in [1.807, 2.05) is 31.5 Å². The minimum Gasteiger partial charge on any atom is -0.318 e. The van der Waals surface area contributed by atoms with Gasteiger partial charge < -0.3 is 4.57 Å². The Hall–Kier alpha value is -2.05. The van der Waals surface area contributed by atoms with Crippen LogP contribution < -0.4 is 5.56 Å². The summed E-state index contributed by atoms with van der Waals surface area (Å²) in [6.45, 7) is 4.13. The zero-order valence-electron chi connectivity index (χ0n) is 13.9. The molecule has 0 spiro atoms. The van der Waals surface area contributed by atoms with Crippen LogP contribution in [0.4, 0.5) is 0 Å². The van der Waals surface area contributed by atoms with Gasteiger partial charge in [0.1, 0.15) is 10.7 Å². The molecular weight excluding hydrogens is 320 g/mol. The molecule has 0 N–H and O–H groups in total. The highest BCUT2D eigenvalue weighted by atomic mass is 32.2. The summed E-state index contributed by atoms with van der Waals surface area (Å²) in [7, 11) is 1.79. The first-order valence-electron chi connectivity index (χ1n) is 8.19. The lowest BCUT2D eigenvalue weighted by Gasteiger charge is -2.13. The first kappa shape index (κ1) is 15.5. The number of aromatic nitrogens is 3. The van der Waals surface area contributed by atoms with Crippen molar-refractivity contribution in [1.29, 1.82) is 0 Å². The van der Waals surface area contributed by atoms with Gasteiger partial charge in [0.25, 0.3) is 5.56 Å². The molecule has 24 heavy (non-hydrogen) atoms. The SMILES string of the molecule is Cc1cc(-c2ccc3ncc(SN4CCCC4)n3c2)cn(C)c1=O. The molecule has 6 heteroatoms. The summed E-state index contributed by atoms with van der Waals surface area (Å²) < 4.78 is 6.17. The molecule has 0 aliphatic carbocycles. The Kier molecular flexibility index (Phi) is 3.94. The number of aryl methyl sites for hydroxylation is 2. The van der Waals surface area contributed by atoms with E-state index >= 15 is 0 Å². The van der Waals surface area contributed by atoms with Crippen LogP contribution in [0.2, 0.25) is 0 Å². The molecule has 1 aliphatic heterocycles. The van der Waals surface area contributed by atoms with Crippen LogP contribution in [0.5, 0.6) is 0 Å². The number of pyridine rings is 2. The molecule has 124 valence electrons. The maximum Gasteiger partial charge on any atom is 0.253 e. The standard InChI is InChI=1S/C18H20N4OS/c1-13-9-15(11-20(2)18(13)23)14-5-6-16-19-10-17(22(16)12-14)24-21-7-3-4-8-21/h5-6,9-12H,3-4,7-8H2,1-2H3. The van der Waals surface area contributed by atoms with Gasteiger partial charge in [-0.25, -0.2) is 9.29 Å². The first-order valence-corrected chi connectivity index (χ1v) is 8.97. The maximum absolute atomic E-state index is 11.9. The van der Waals surface area contributed by atoms with Crippen molar-refractivity contribution in [3.05, 3.63) is 52.7 Å². The fourth-order valence-electron chi connectivity index (χ4n) is 3.14. The third-order valence-corrected chi connectivity index (χ3v) is 5.57.